The number of hydrogen-bond donors (Lipinski definition) is 1. The van der Waals surface area contributed by atoms with Crippen LogP contribution in [0.1, 0.15) is 61.4 Å². The number of likely N-dealkylation sites (tertiary alicyclic amines) is 2. The zero-order chi connectivity index (χ0) is 24.6. The lowest BCUT2D eigenvalue weighted by molar-refractivity contribution is -0.136. The number of hydrogen-bond acceptors (Lipinski definition) is 5. The average molecular weight is 478 g/mol. The number of piperidine rings is 1. The van der Waals surface area contributed by atoms with Crippen molar-refractivity contribution >= 4 is 0 Å². The van der Waals surface area contributed by atoms with Gasteiger partial charge in [-0.3, -0.25) is 9.88 Å². The van der Waals surface area contributed by atoms with Gasteiger partial charge in [-0.25, -0.2) is 0 Å². The number of aromatic nitrogens is 1. The fraction of sp³-hybridized carbons (Fsp3) is 0.633. The third-order valence-electron chi connectivity index (χ3n) is 9.49. The molecule has 1 saturated carbocycles. The number of aliphatic hydroxyl groups is 1. The van der Waals surface area contributed by atoms with E-state index in [2.05, 4.69) is 59.8 Å². The first-order valence-electron chi connectivity index (χ1n) is 13.6. The number of pyridine rings is 1. The minimum atomic E-state index is -0.771. The second-order valence-corrected chi connectivity index (χ2v) is 11.4. The predicted molar refractivity (Wildman–Crippen MR) is 141 cm³/mol. The summed E-state index contributed by atoms with van der Waals surface area (Å²) < 4.78 is 5.66. The third kappa shape index (κ3) is 4.63. The Hall–Kier alpha value is -1.95. The fourth-order valence-electron chi connectivity index (χ4n) is 6.92. The summed E-state index contributed by atoms with van der Waals surface area (Å²) in [5.74, 6) is 1.72. The molecule has 3 atom stereocenters. The van der Waals surface area contributed by atoms with E-state index >= 15 is 0 Å². The Morgan fingerprint density at radius 2 is 1.83 bits per heavy atom. The molecule has 1 aliphatic carbocycles. The number of fused-ring (bicyclic) bond motifs is 1. The van der Waals surface area contributed by atoms with Crippen molar-refractivity contribution in [1.29, 1.82) is 0 Å². The van der Waals surface area contributed by atoms with Crippen LogP contribution in [0.25, 0.3) is 0 Å². The topological polar surface area (TPSA) is 48.8 Å². The van der Waals surface area contributed by atoms with E-state index in [4.69, 9.17) is 4.74 Å². The molecule has 1 aromatic carbocycles. The highest BCUT2D eigenvalue weighted by Crippen LogP contribution is 2.53. The van der Waals surface area contributed by atoms with Crippen molar-refractivity contribution in [2.45, 2.75) is 76.4 Å². The first-order valence-corrected chi connectivity index (χ1v) is 13.6. The van der Waals surface area contributed by atoms with Crippen LogP contribution in [0.5, 0.6) is 5.75 Å². The summed E-state index contributed by atoms with van der Waals surface area (Å²) in [7, 11) is 1.74. The summed E-state index contributed by atoms with van der Waals surface area (Å²) in [6.45, 7) is 11.8. The molecular formula is C30H43N3O2. The lowest BCUT2D eigenvalue weighted by Crippen LogP contribution is -2.68. The molecule has 35 heavy (non-hydrogen) atoms. The Morgan fingerprint density at radius 3 is 2.57 bits per heavy atom. The van der Waals surface area contributed by atoms with Gasteiger partial charge in [0.15, 0.2) is 0 Å². The van der Waals surface area contributed by atoms with Crippen molar-refractivity contribution in [3.05, 3.63) is 58.9 Å². The Morgan fingerprint density at radius 1 is 1.06 bits per heavy atom. The molecule has 2 saturated heterocycles. The van der Waals surface area contributed by atoms with Crippen LogP contribution in [0.15, 0.2) is 36.5 Å². The van der Waals surface area contributed by atoms with E-state index < -0.39 is 5.60 Å². The van der Waals surface area contributed by atoms with E-state index in [0.717, 1.165) is 70.1 Å². The maximum Gasteiger partial charge on any atom is 0.119 e. The molecule has 3 unspecified atom stereocenters. The van der Waals surface area contributed by atoms with Crippen molar-refractivity contribution in [3.8, 4) is 5.75 Å². The van der Waals surface area contributed by atoms with Gasteiger partial charge in [-0.1, -0.05) is 12.1 Å². The number of rotatable bonds is 7. The van der Waals surface area contributed by atoms with Crippen LogP contribution in [0.3, 0.4) is 0 Å². The highest BCUT2D eigenvalue weighted by Gasteiger charge is 2.59. The average Bonchev–Trinajstić information content (AvgIpc) is 3.69. The van der Waals surface area contributed by atoms with Gasteiger partial charge in [0.1, 0.15) is 5.75 Å². The van der Waals surface area contributed by atoms with Gasteiger partial charge < -0.3 is 14.7 Å². The standard InChI is InChI=1S/C30H43N3O2/c1-22-7-10-26(35-4)20-27(22)29-12-17-32(16-11-28-23(2)6-5-15-31-28)18-14-30(29,34)24(3)33(19-13-29)21-25-8-9-25/h5-7,10,15,20,24-25,34H,8-9,11-14,16-19,21H2,1-4H3. The fourth-order valence-corrected chi connectivity index (χ4v) is 6.92. The first-order chi connectivity index (χ1) is 16.9. The van der Waals surface area contributed by atoms with Gasteiger partial charge >= 0.3 is 0 Å². The van der Waals surface area contributed by atoms with Gasteiger partial charge in [0.2, 0.25) is 0 Å². The molecule has 2 aromatic rings. The summed E-state index contributed by atoms with van der Waals surface area (Å²) in [6, 6.07) is 10.8. The Labute approximate surface area is 211 Å². The van der Waals surface area contributed by atoms with E-state index in [9.17, 15) is 5.11 Å². The lowest BCUT2D eigenvalue weighted by atomic mass is 9.57. The van der Waals surface area contributed by atoms with Crippen molar-refractivity contribution in [1.82, 2.24) is 14.8 Å². The third-order valence-corrected chi connectivity index (χ3v) is 9.49. The van der Waals surface area contributed by atoms with Crippen molar-refractivity contribution in [2.75, 3.05) is 39.8 Å². The van der Waals surface area contributed by atoms with Crippen LogP contribution >= 0.6 is 0 Å². The minimum absolute atomic E-state index is 0.139. The SMILES string of the molecule is COc1ccc(C)c(C23CCN(CCc4ncccc4C)CCC2(O)C(C)N(CC2CC2)CC3)c1. The van der Waals surface area contributed by atoms with Gasteiger partial charge in [-0.2, -0.15) is 0 Å². The highest BCUT2D eigenvalue weighted by molar-refractivity contribution is 5.44. The molecule has 3 aliphatic rings. The number of benzene rings is 1. The van der Waals surface area contributed by atoms with Crippen LogP contribution in [0.2, 0.25) is 0 Å². The number of methoxy groups -OCH3 is 1. The molecule has 190 valence electrons. The van der Waals surface area contributed by atoms with Crippen molar-refractivity contribution in [2.24, 2.45) is 5.92 Å². The molecule has 0 amide bonds. The number of nitrogens with zero attached hydrogens (tertiary/aromatic N) is 3. The zero-order valence-corrected chi connectivity index (χ0v) is 22.1. The quantitative estimate of drug-likeness (QED) is 0.636. The maximum atomic E-state index is 12.8. The van der Waals surface area contributed by atoms with E-state index in [0.29, 0.717) is 0 Å². The molecule has 0 bridgehead atoms. The van der Waals surface area contributed by atoms with Crippen molar-refractivity contribution < 1.29 is 9.84 Å². The normalized spacial score (nSPS) is 30.0. The molecule has 2 aliphatic heterocycles. The zero-order valence-electron chi connectivity index (χ0n) is 22.1. The maximum absolute atomic E-state index is 12.8. The minimum Gasteiger partial charge on any atom is -0.497 e. The molecule has 1 aromatic heterocycles. The van der Waals surface area contributed by atoms with Gasteiger partial charge in [0, 0.05) is 49.4 Å². The number of ether oxygens (including phenoxy) is 1. The predicted octanol–water partition coefficient (Wildman–Crippen LogP) is 4.52. The van der Waals surface area contributed by atoms with E-state index in [1.165, 1.54) is 35.2 Å². The van der Waals surface area contributed by atoms with Gasteiger partial charge in [0.25, 0.3) is 0 Å². The van der Waals surface area contributed by atoms with Crippen LogP contribution in [-0.4, -0.2) is 71.4 Å². The highest BCUT2D eigenvalue weighted by atomic mass is 16.5. The Kier molecular flexibility index (Phi) is 6.95. The lowest BCUT2D eigenvalue weighted by Gasteiger charge is -2.58. The summed E-state index contributed by atoms with van der Waals surface area (Å²) >= 11 is 0. The summed E-state index contributed by atoms with van der Waals surface area (Å²) in [6.07, 6.45) is 8.33. The summed E-state index contributed by atoms with van der Waals surface area (Å²) in [4.78, 5) is 9.79. The molecule has 3 fully saturated rings. The Balaban J connectivity index is 1.46. The second kappa shape index (κ2) is 9.84. The molecule has 3 heterocycles. The van der Waals surface area contributed by atoms with Gasteiger partial charge in [0.05, 0.1) is 12.7 Å². The van der Waals surface area contributed by atoms with Gasteiger partial charge in [-0.15, -0.1) is 0 Å². The summed E-state index contributed by atoms with van der Waals surface area (Å²) in [5, 5.41) is 12.8. The van der Waals surface area contributed by atoms with Crippen LogP contribution in [-0.2, 0) is 11.8 Å². The molecule has 0 radical (unpaired) electrons. The van der Waals surface area contributed by atoms with Crippen LogP contribution in [0, 0.1) is 19.8 Å². The van der Waals surface area contributed by atoms with E-state index in [1.807, 2.05) is 12.3 Å². The monoisotopic (exact) mass is 477 g/mol. The largest absolute Gasteiger partial charge is 0.497 e. The molecular weight excluding hydrogens is 434 g/mol. The smallest absolute Gasteiger partial charge is 0.119 e. The van der Waals surface area contributed by atoms with Crippen LogP contribution < -0.4 is 4.74 Å². The number of aryl methyl sites for hydroxylation is 2. The molecule has 5 heteroatoms. The summed E-state index contributed by atoms with van der Waals surface area (Å²) in [5.41, 5.74) is 3.98. The molecule has 5 rings (SSSR count). The Bertz CT molecular complexity index is 1040. The molecule has 0 spiro atoms. The van der Waals surface area contributed by atoms with Crippen LogP contribution in [0.4, 0.5) is 0 Å². The van der Waals surface area contributed by atoms with Crippen molar-refractivity contribution in [3.63, 3.8) is 0 Å². The van der Waals surface area contributed by atoms with E-state index in [1.54, 1.807) is 7.11 Å². The first kappa shape index (κ1) is 24.7. The van der Waals surface area contributed by atoms with E-state index in [-0.39, 0.29) is 11.5 Å². The van der Waals surface area contributed by atoms with Gasteiger partial charge in [-0.05, 0) is 107 Å². The second-order valence-electron chi connectivity index (χ2n) is 11.4. The molecule has 5 nitrogen and oxygen atoms in total. The molecule has 1 N–H and O–H groups in total.